The van der Waals surface area contributed by atoms with Crippen molar-refractivity contribution in [1.29, 1.82) is 0 Å². The van der Waals surface area contributed by atoms with Gasteiger partial charge in [-0.2, -0.15) is 0 Å². The molecule has 0 saturated heterocycles. The van der Waals surface area contributed by atoms with E-state index in [2.05, 4.69) is 0 Å². The number of hydrogen-bond acceptors (Lipinski definition) is 5. The summed E-state index contributed by atoms with van der Waals surface area (Å²) in [5, 5.41) is 21.3. The first kappa shape index (κ1) is 16.4. The fourth-order valence-corrected chi connectivity index (χ4v) is 3.54. The summed E-state index contributed by atoms with van der Waals surface area (Å²) in [6.45, 7) is 1.74. The normalized spacial score (nSPS) is 17.7. The lowest BCUT2D eigenvalue weighted by Crippen LogP contribution is -2.33. The van der Waals surface area contributed by atoms with Crippen molar-refractivity contribution in [2.45, 2.75) is 13.0 Å². The molecule has 3 rings (SSSR count). The summed E-state index contributed by atoms with van der Waals surface area (Å²) in [7, 11) is 0. The molecule has 2 N–H and O–H groups in total. The van der Waals surface area contributed by atoms with Gasteiger partial charge in [-0.25, -0.2) is 0 Å². The van der Waals surface area contributed by atoms with E-state index < -0.39 is 17.7 Å². The first-order valence-electron chi connectivity index (χ1n) is 7.54. The largest absolute Gasteiger partial charge is 0.503 e. The Morgan fingerprint density at radius 3 is 2.54 bits per heavy atom. The van der Waals surface area contributed by atoms with Crippen molar-refractivity contribution in [2.75, 3.05) is 13.2 Å². The average Bonchev–Trinajstić information content (AvgIpc) is 3.19. The van der Waals surface area contributed by atoms with Crippen molar-refractivity contribution in [2.24, 2.45) is 0 Å². The molecule has 2 aromatic rings. The molecule has 0 saturated carbocycles. The molecule has 1 aliphatic heterocycles. The molecule has 0 aliphatic carbocycles. The van der Waals surface area contributed by atoms with Crippen LogP contribution >= 0.6 is 11.3 Å². The maximum absolute atomic E-state index is 12.8. The van der Waals surface area contributed by atoms with Gasteiger partial charge in [0.1, 0.15) is 0 Å². The minimum atomic E-state index is -0.695. The van der Waals surface area contributed by atoms with Crippen molar-refractivity contribution < 1.29 is 19.8 Å². The maximum atomic E-state index is 12.8. The first-order valence-corrected chi connectivity index (χ1v) is 8.42. The summed E-state index contributed by atoms with van der Waals surface area (Å²) in [5.74, 6) is -1.52. The highest BCUT2D eigenvalue weighted by Gasteiger charge is 2.43. The Bertz CT molecular complexity index is 793. The highest BCUT2D eigenvalue weighted by atomic mass is 32.1. The molecule has 24 heavy (non-hydrogen) atoms. The van der Waals surface area contributed by atoms with E-state index in [4.69, 9.17) is 0 Å². The highest BCUT2D eigenvalue weighted by molar-refractivity contribution is 7.12. The molecule has 5 nitrogen and oxygen atoms in total. The Balaban J connectivity index is 2.10. The third-order valence-electron chi connectivity index (χ3n) is 4.03. The molecule has 0 fully saturated rings. The molecule has 1 aromatic heterocycles. The van der Waals surface area contributed by atoms with Gasteiger partial charge in [-0.05, 0) is 23.9 Å². The van der Waals surface area contributed by atoms with Gasteiger partial charge in [-0.15, -0.1) is 11.3 Å². The highest BCUT2D eigenvalue weighted by Crippen LogP contribution is 2.39. The lowest BCUT2D eigenvalue weighted by atomic mass is 9.95. The number of aryl methyl sites for hydroxylation is 1. The number of amides is 1. The van der Waals surface area contributed by atoms with Crippen LogP contribution < -0.4 is 0 Å². The Kier molecular flexibility index (Phi) is 4.51. The monoisotopic (exact) mass is 343 g/mol. The van der Waals surface area contributed by atoms with Gasteiger partial charge in [-0.1, -0.05) is 35.9 Å². The van der Waals surface area contributed by atoms with Crippen molar-refractivity contribution in [3.63, 3.8) is 0 Å². The van der Waals surface area contributed by atoms with Gasteiger partial charge >= 0.3 is 0 Å². The summed E-state index contributed by atoms with van der Waals surface area (Å²) in [6, 6.07) is 10.2. The molecule has 0 spiro atoms. The Hall–Kier alpha value is -2.44. The zero-order valence-electron chi connectivity index (χ0n) is 13.1. The van der Waals surface area contributed by atoms with Crippen molar-refractivity contribution in [1.82, 2.24) is 4.90 Å². The van der Waals surface area contributed by atoms with Crippen LogP contribution in [0.5, 0.6) is 0 Å². The lowest BCUT2D eigenvalue weighted by molar-refractivity contribution is -0.129. The number of hydrogen-bond donors (Lipinski definition) is 2. The van der Waals surface area contributed by atoms with Crippen molar-refractivity contribution in [3.05, 3.63) is 69.1 Å². The van der Waals surface area contributed by atoms with Gasteiger partial charge in [0.15, 0.2) is 5.76 Å². The topological polar surface area (TPSA) is 77.8 Å². The second-order valence-electron chi connectivity index (χ2n) is 5.60. The summed E-state index contributed by atoms with van der Waals surface area (Å²) in [6.07, 6.45) is 0. The molecule has 124 valence electrons. The number of aliphatic hydroxyl groups excluding tert-OH is 2. The van der Waals surface area contributed by atoms with Crippen LogP contribution in [0.2, 0.25) is 0 Å². The van der Waals surface area contributed by atoms with Crippen LogP contribution in [0.3, 0.4) is 0 Å². The van der Waals surface area contributed by atoms with Crippen LogP contribution in [-0.2, 0) is 4.79 Å². The molecule has 1 unspecified atom stereocenters. The quantitative estimate of drug-likeness (QED) is 0.818. The molecule has 1 atom stereocenters. The molecular formula is C18H17NO4S. The van der Waals surface area contributed by atoms with E-state index in [1.807, 2.05) is 31.2 Å². The number of carbonyl (C=O) groups excluding carboxylic acids is 2. The fraction of sp³-hybridized carbons (Fsp3) is 0.222. The van der Waals surface area contributed by atoms with E-state index in [-0.39, 0.29) is 24.5 Å². The Morgan fingerprint density at radius 1 is 1.25 bits per heavy atom. The van der Waals surface area contributed by atoms with Gasteiger partial charge < -0.3 is 15.1 Å². The number of aliphatic hydroxyl groups is 2. The minimum absolute atomic E-state index is 0.0443. The number of carbonyl (C=O) groups is 2. The molecule has 1 aliphatic rings. The molecule has 0 radical (unpaired) electrons. The van der Waals surface area contributed by atoms with Crippen LogP contribution in [0.25, 0.3) is 0 Å². The third-order valence-corrected chi connectivity index (χ3v) is 4.90. The number of β-amino-alcohol motifs (C(OH)–C–C–N with tert-alkyl or cyclic N) is 1. The maximum Gasteiger partial charge on any atom is 0.290 e. The zero-order valence-corrected chi connectivity index (χ0v) is 13.9. The molecule has 1 amide bonds. The Morgan fingerprint density at radius 2 is 1.96 bits per heavy atom. The predicted molar refractivity (Wildman–Crippen MR) is 91.0 cm³/mol. The van der Waals surface area contributed by atoms with Gasteiger partial charge in [0, 0.05) is 6.54 Å². The van der Waals surface area contributed by atoms with E-state index >= 15 is 0 Å². The van der Waals surface area contributed by atoms with Crippen LogP contribution in [-0.4, -0.2) is 40.0 Å². The molecular weight excluding hydrogens is 326 g/mol. The summed E-state index contributed by atoms with van der Waals surface area (Å²) < 4.78 is 0. The summed E-state index contributed by atoms with van der Waals surface area (Å²) >= 11 is 1.26. The molecule has 2 heterocycles. The van der Waals surface area contributed by atoms with Crippen LogP contribution in [0.15, 0.2) is 53.1 Å². The molecule has 0 bridgehead atoms. The average molecular weight is 343 g/mol. The number of nitrogens with zero attached hydrogens (tertiary/aromatic N) is 1. The van der Waals surface area contributed by atoms with E-state index in [1.165, 1.54) is 16.2 Å². The number of rotatable bonds is 5. The van der Waals surface area contributed by atoms with Crippen LogP contribution in [0, 0.1) is 6.92 Å². The number of thiophene rings is 1. The second-order valence-corrected chi connectivity index (χ2v) is 6.55. The summed E-state index contributed by atoms with van der Waals surface area (Å²) in [5.41, 5.74) is 1.85. The van der Waals surface area contributed by atoms with Crippen molar-refractivity contribution >= 4 is 23.0 Å². The molecule has 6 heteroatoms. The SMILES string of the molecule is Cc1ccc(C2C(C(=O)c3cccs3)=C(O)C(=O)N2CCO)cc1. The Labute approximate surface area is 143 Å². The number of ketones is 1. The van der Waals surface area contributed by atoms with Gasteiger partial charge in [0.25, 0.3) is 5.91 Å². The minimum Gasteiger partial charge on any atom is -0.503 e. The zero-order chi connectivity index (χ0) is 17.3. The second kappa shape index (κ2) is 6.59. The number of Topliss-reactive ketones (excluding diaryl/α,β-unsaturated/α-hetero) is 1. The first-order chi connectivity index (χ1) is 11.5. The van der Waals surface area contributed by atoms with Gasteiger partial charge in [-0.3, -0.25) is 9.59 Å². The number of benzene rings is 1. The van der Waals surface area contributed by atoms with Gasteiger partial charge in [0.05, 0.1) is 23.1 Å². The van der Waals surface area contributed by atoms with Crippen LogP contribution in [0.1, 0.15) is 26.8 Å². The predicted octanol–water partition coefficient (Wildman–Crippen LogP) is 2.63. The molecule has 1 aromatic carbocycles. The third kappa shape index (κ3) is 2.74. The fourth-order valence-electron chi connectivity index (χ4n) is 2.86. The van der Waals surface area contributed by atoms with E-state index in [9.17, 15) is 19.8 Å². The van der Waals surface area contributed by atoms with E-state index in [0.29, 0.717) is 4.88 Å². The summed E-state index contributed by atoms with van der Waals surface area (Å²) in [4.78, 5) is 27.0. The van der Waals surface area contributed by atoms with Crippen LogP contribution in [0.4, 0.5) is 0 Å². The standard InChI is InChI=1S/C18H17NO4S/c1-11-4-6-12(7-5-11)15-14(16(21)13-3-2-10-24-13)17(22)18(23)19(15)8-9-20/h2-7,10,15,20,22H,8-9H2,1H3. The van der Waals surface area contributed by atoms with E-state index in [1.54, 1.807) is 17.5 Å². The van der Waals surface area contributed by atoms with E-state index in [0.717, 1.165) is 11.1 Å². The van der Waals surface area contributed by atoms with Gasteiger partial charge in [0.2, 0.25) is 5.78 Å². The lowest BCUT2D eigenvalue weighted by Gasteiger charge is -2.26. The van der Waals surface area contributed by atoms with Crippen molar-refractivity contribution in [3.8, 4) is 0 Å². The smallest absolute Gasteiger partial charge is 0.290 e.